The van der Waals surface area contributed by atoms with Gasteiger partial charge in [-0.3, -0.25) is 4.79 Å². The Morgan fingerprint density at radius 1 is 1.25 bits per heavy atom. The van der Waals surface area contributed by atoms with Crippen molar-refractivity contribution in [2.24, 2.45) is 0 Å². The van der Waals surface area contributed by atoms with Crippen LogP contribution in [0, 0.1) is 0 Å². The van der Waals surface area contributed by atoms with E-state index in [4.69, 9.17) is 4.42 Å². The van der Waals surface area contributed by atoms with Crippen LogP contribution in [0.2, 0.25) is 0 Å². The highest BCUT2D eigenvalue weighted by Gasteiger charge is 2.10. The molecule has 5 heteroatoms. The number of aryl methyl sites for hydroxylation is 1. The Morgan fingerprint density at radius 2 is 2.08 bits per heavy atom. The third-order valence-corrected chi connectivity index (χ3v) is 4.59. The second-order valence-corrected chi connectivity index (χ2v) is 6.50. The number of nitrogens with one attached hydrogen (secondary N) is 1. The van der Waals surface area contributed by atoms with Crippen LogP contribution >= 0.6 is 11.3 Å². The van der Waals surface area contributed by atoms with Gasteiger partial charge in [-0.25, -0.2) is 4.98 Å². The molecule has 0 saturated heterocycles. The molecule has 24 heavy (non-hydrogen) atoms. The first-order valence-corrected chi connectivity index (χ1v) is 8.99. The summed E-state index contributed by atoms with van der Waals surface area (Å²) in [6.45, 7) is 2.18. The van der Waals surface area contributed by atoms with Gasteiger partial charge in [-0.2, -0.15) is 0 Å². The highest BCUT2D eigenvalue weighted by atomic mass is 32.1. The van der Waals surface area contributed by atoms with E-state index in [-0.39, 0.29) is 12.3 Å². The van der Waals surface area contributed by atoms with Gasteiger partial charge < -0.3 is 9.73 Å². The molecule has 1 amide bonds. The van der Waals surface area contributed by atoms with Crippen LogP contribution in [-0.2, 0) is 17.6 Å². The zero-order valence-corrected chi connectivity index (χ0v) is 14.4. The van der Waals surface area contributed by atoms with Crippen LogP contribution in [0.25, 0.3) is 10.8 Å². The van der Waals surface area contributed by atoms with Crippen molar-refractivity contribution < 1.29 is 9.21 Å². The highest BCUT2D eigenvalue weighted by molar-refractivity contribution is 7.13. The molecule has 0 spiro atoms. The number of anilines is 1. The van der Waals surface area contributed by atoms with E-state index in [1.165, 1.54) is 29.7 Å². The van der Waals surface area contributed by atoms with Gasteiger partial charge in [0.1, 0.15) is 0 Å². The minimum absolute atomic E-state index is 0.0624. The Kier molecular flexibility index (Phi) is 5.43. The molecule has 0 unspecified atom stereocenters. The summed E-state index contributed by atoms with van der Waals surface area (Å²) in [5.74, 6) is 0.668. The van der Waals surface area contributed by atoms with E-state index < -0.39 is 0 Å². The number of thiazole rings is 1. The van der Waals surface area contributed by atoms with E-state index in [0.29, 0.717) is 0 Å². The zero-order chi connectivity index (χ0) is 16.8. The van der Waals surface area contributed by atoms with Crippen molar-refractivity contribution in [2.45, 2.75) is 32.6 Å². The highest BCUT2D eigenvalue weighted by Crippen LogP contribution is 2.24. The van der Waals surface area contributed by atoms with Crippen LogP contribution < -0.4 is 5.32 Å². The average molecular weight is 340 g/mol. The molecule has 4 nitrogen and oxygen atoms in total. The van der Waals surface area contributed by atoms with E-state index >= 15 is 0 Å². The number of rotatable bonds is 7. The smallest absolute Gasteiger partial charge is 0.230 e. The molecule has 3 aromatic rings. The van der Waals surface area contributed by atoms with Crippen molar-refractivity contribution in [1.29, 1.82) is 0 Å². The van der Waals surface area contributed by atoms with E-state index in [2.05, 4.69) is 29.4 Å². The first kappa shape index (κ1) is 16.5. The third kappa shape index (κ3) is 4.32. The maximum Gasteiger partial charge on any atom is 0.230 e. The van der Waals surface area contributed by atoms with Crippen molar-refractivity contribution in [2.75, 3.05) is 5.32 Å². The molecule has 124 valence electrons. The number of benzene rings is 1. The lowest BCUT2D eigenvalue weighted by Gasteiger charge is -2.05. The molecule has 1 N–H and O–H groups in total. The summed E-state index contributed by atoms with van der Waals surface area (Å²) in [5, 5.41) is 5.61. The molecule has 0 bridgehead atoms. The van der Waals surface area contributed by atoms with Crippen LogP contribution in [0.1, 0.15) is 31.0 Å². The van der Waals surface area contributed by atoms with Crippen LogP contribution in [0.5, 0.6) is 0 Å². The Balaban J connectivity index is 1.55. The maximum absolute atomic E-state index is 12.2. The van der Waals surface area contributed by atoms with Crippen molar-refractivity contribution in [3.8, 4) is 10.8 Å². The molecule has 0 aliphatic heterocycles. The lowest BCUT2D eigenvalue weighted by Crippen LogP contribution is -2.14. The number of aromatic nitrogens is 1. The fraction of sp³-hybridized carbons (Fsp3) is 0.263. The monoisotopic (exact) mass is 340 g/mol. The largest absolute Gasteiger partial charge is 0.462 e. The zero-order valence-electron chi connectivity index (χ0n) is 13.6. The number of hydrogen-bond acceptors (Lipinski definition) is 4. The number of furan rings is 1. The Hall–Kier alpha value is -2.40. The number of amides is 1. The predicted octanol–water partition coefficient (Wildman–Crippen LogP) is 4.93. The predicted molar refractivity (Wildman–Crippen MR) is 97.2 cm³/mol. The van der Waals surface area contributed by atoms with Gasteiger partial charge in [0, 0.05) is 11.1 Å². The summed E-state index contributed by atoms with van der Waals surface area (Å²) in [7, 11) is 0. The lowest BCUT2D eigenvalue weighted by molar-refractivity contribution is -0.115. The fourth-order valence-electron chi connectivity index (χ4n) is 2.41. The fourth-order valence-corrected chi connectivity index (χ4v) is 3.19. The molecule has 0 aliphatic carbocycles. The maximum atomic E-state index is 12.2. The van der Waals surface area contributed by atoms with Gasteiger partial charge in [0.05, 0.1) is 18.4 Å². The normalized spacial score (nSPS) is 10.7. The molecule has 0 atom stereocenters. The van der Waals surface area contributed by atoms with Gasteiger partial charge in [0.25, 0.3) is 0 Å². The van der Waals surface area contributed by atoms with Crippen molar-refractivity contribution in [3.05, 3.63) is 59.3 Å². The molecule has 0 saturated carbocycles. The molecular weight excluding hydrogens is 320 g/mol. The summed E-state index contributed by atoms with van der Waals surface area (Å²) >= 11 is 1.48. The van der Waals surface area contributed by atoms with E-state index in [1.54, 1.807) is 6.26 Å². The summed E-state index contributed by atoms with van der Waals surface area (Å²) in [5.41, 5.74) is 2.88. The quantitative estimate of drug-likeness (QED) is 0.663. The Morgan fingerprint density at radius 3 is 2.79 bits per heavy atom. The van der Waals surface area contributed by atoms with Gasteiger partial charge in [-0.15, -0.1) is 11.3 Å². The summed E-state index contributed by atoms with van der Waals surface area (Å²) < 4.78 is 5.32. The molecule has 0 fully saturated rings. The number of unbranched alkanes of at least 4 members (excludes halogenated alkanes) is 1. The molecule has 2 aromatic heterocycles. The molecular formula is C19H20N2O2S. The topological polar surface area (TPSA) is 55.1 Å². The van der Waals surface area contributed by atoms with E-state index in [9.17, 15) is 4.79 Å². The number of carbonyl (C=O) groups is 1. The number of carbonyl (C=O) groups excluding carboxylic acids is 1. The minimum atomic E-state index is -0.0624. The SMILES string of the molecule is CCCCc1ccc(NC(=O)Cc2csc(-c3ccco3)n2)cc1. The van der Waals surface area contributed by atoms with Crippen LogP contribution in [0.15, 0.2) is 52.5 Å². The second-order valence-electron chi connectivity index (χ2n) is 5.65. The third-order valence-electron chi connectivity index (χ3n) is 3.68. The van der Waals surface area contributed by atoms with Gasteiger partial charge >= 0.3 is 0 Å². The number of hydrogen-bond donors (Lipinski definition) is 1. The summed E-state index contributed by atoms with van der Waals surface area (Å²) in [6.07, 6.45) is 5.33. The van der Waals surface area contributed by atoms with Crippen LogP contribution in [0.4, 0.5) is 5.69 Å². The van der Waals surface area contributed by atoms with E-state index in [0.717, 1.165) is 28.6 Å². The van der Waals surface area contributed by atoms with Crippen LogP contribution in [-0.4, -0.2) is 10.9 Å². The average Bonchev–Trinajstić information content (AvgIpc) is 3.25. The second kappa shape index (κ2) is 7.93. The number of nitrogens with zero attached hydrogens (tertiary/aromatic N) is 1. The first-order valence-electron chi connectivity index (χ1n) is 8.11. The van der Waals surface area contributed by atoms with Gasteiger partial charge in [0.15, 0.2) is 10.8 Å². The van der Waals surface area contributed by atoms with Gasteiger partial charge in [-0.05, 0) is 42.7 Å². The molecule has 1 aromatic carbocycles. The Labute approximate surface area is 145 Å². The lowest BCUT2D eigenvalue weighted by atomic mass is 10.1. The summed E-state index contributed by atoms with van der Waals surface area (Å²) in [6, 6.07) is 11.7. The minimum Gasteiger partial charge on any atom is -0.462 e. The summed E-state index contributed by atoms with van der Waals surface area (Å²) in [4.78, 5) is 16.6. The van der Waals surface area contributed by atoms with Crippen molar-refractivity contribution in [3.63, 3.8) is 0 Å². The first-order chi connectivity index (χ1) is 11.7. The van der Waals surface area contributed by atoms with Gasteiger partial charge in [-0.1, -0.05) is 25.5 Å². The molecule has 0 aliphatic rings. The van der Waals surface area contributed by atoms with Crippen LogP contribution in [0.3, 0.4) is 0 Å². The Bertz CT molecular complexity index is 776. The standard InChI is InChI=1S/C19H20N2O2S/c1-2-3-5-14-7-9-15(10-8-14)20-18(22)12-16-13-24-19(21-16)17-6-4-11-23-17/h4,6-11,13H,2-3,5,12H2,1H3,(H,20,22). The molecule has 2 heterocycles. The van der Waals surface area contributed by atoms with Gasteiger partial charge in [0.2, 0.25) is 5.91 Å². The van der Waals surface area contributed by atoms with Crippen molar-refractivity contribution >= 4 is 22.9 Å². The molecule has 0 radical (unpaired) electrons. The van der Waals surface area contributed by atoms with E-state index in [1.807, 2.05) is 29.6 Å². The van der Waals surface area contributed by atoms with Crippen molar-refractivity contribution in [1.82, 2.24) is 4.98 Å². The molecule has 3 rings (SSSR count).